The molecule has 0 aliphatic carbocycles. The first-order valence-corrected chi connectivity index (χ1v) is 10.4. The second-order valence-corrected chi connectivity index (χ2v) is 8.26. The molecule has 1 amide bonds. The third-order valence-electron chi connectivity index (χ3n) is 4.89. The van der Waals surface area contributed by atoms with Gasteiger partial charge in [0, 0.05) is 35.2 Å². The van der Waals surface area contributed by atoms with Crippen molar-refractivity contribution in [2.75, 3.05) is 19.6 Å². The fraction of sp³-hybridized carbons (Fsp3) is 0.318. The van der Waals surface area contributed by atoms with Crippen molar-refractivity contribution in [3.8, 4) is 0 Å². The lowest BCUT2D eigenvalue weighted by Gasteiger charge is -2.31. The number of amides is 1. The first-order valence-electron chi connectivity index (χ1n) is 9.28. The van der Waals surface area contributed by atoms with Crippen LogP contribution in [0.15, 0.2) is 59.1 Å². The minimum absolute atomic E-state index is 0.102. The average Bonchev–Trinajstić information content (AvgIpc) is 2.69. The highest BCUT2D eigenvalue weighted by Gasteiger charge is 2.21. The molecular weight excluding hydrogens is 424 g/mol. The van der Waals surface area contributed by atoms with E-state index in [-0.39, 0.29) is 5.91 Å². The molecule has 1 aliphatic heterocycles. The summed E-state index contributed by atoms with van der Waals surface area (Å²) in [5, 5.41) is 4.29. The van der Waals surface area contributed by atoms with Crippen LogP contribution in [0.3, 0.4) is 0 Å². The van der Waals surface area contributed by atoms with Gasteiger partial charge in [0.2, 0.25) is 5.91 Å². The average molecular weight is 448 g/mol. The van der Waals surface area contributed by atoms with Gasteiger partial charge in [0.25, 0.3) is 0 Å². The second kappa shape index (κ2) is 10.1. The number of benzene rings is 2. The molecule has 27 heavy (non-hydrogen) atoms. The van der Waals surface area contributed by atoms with Gasteiger partial charge in [-0.1, -0.05) is 51.8 Å². The monoisotopic (exact) mass is 446 g/mol. The van der Waals surface area contributed by atoms with Gasteiger partial charge >= 0.3 is 0 Å². The Balaban J connectivity index is 1.38. The molecule has 1 heterocycles. The summed E-state index contributed by atoms with van der Waals surface area (Å²) in [6.45, 7) is 3.50. The van der Waals surface area contributed by atoms with Crippen molar-refractivity contribution in [3.05, 3.63) is 75.2 Å². The summed E-state index contributed by atoms with van der Waals surface area (Å²) >= 11 is 9.33. The number of nitrogens with one attached hydrogen (secondary N) is 1. The van der Waals surface area contributed by atoms with Gasteiger partial charge < -0.3 is 10.2 Å². The molecule has 0 spiro atoms. The van der Waals surface area contributed by atoms with Crippen molar-refractivity contribution in [1.82, 2.24) is 10.2 Å². The molecule has 1 saturated heterocycles. The predicted molar refractivity (Wildman–Crippen MR) is 116 cm³/mol. The molecule has 3 rings (SSSR count). The number of carbonyl (C=O) groups excluding carboxylic acids is 1. The zero-order valence-electron chi connectivity index (χ0n) is 15.2. The summed E-state index contributed by atoms with van der Waals surface area (Å²) in [5.74, 6) is 0.724. The topological polar surface area (TPSA) is 32.3 Å². The molecule has 0 unspecified atom stereocenters. The Morgan fingerprint density at radius 1 is 1.11 bits per heavy atom. The molecule has 1 N–H and O–H groups in total. The highest BCUT2D eigenvalue weighted by atomic mass is 79.9. The molecule has 0 radical (unpaired) electrons. The molecule has 3 nitrogen and oxygen atoms in total. The van der Waals surface area contributed by atoms with Gasteiger partial charge in [-0.05, 0) is 66.8 Å². The van der Waals surface area contributed by atoms with Crippen LogP contribution >= 0.6 is 27.5 Å². The van der Waals surface area contributed by atoms with Crippen LogP contribution < -0.4 is 5.32 Å². The lowest BCUT2D eigenvalue weighted by molar-refractivity contribution is -0.127. The third kappa shape index (κ3) is 6.49. The van der Waals surface area contributed by atoms with Gasteiger partial charge in [0.15, 0.2) is 0 Å². The van der Waals surface area contributed by atoms with E-state index in [1.54, 1.807) is 6.08 Å². The molecule has 1 fully saturated rings. The van der Waals surface area contributed by atoms with Gasteiger partial charge in [-0.3, -0.25) is 4.79 Å². The van der Waals surface area contributed by atoms with E-state index in [4.69, 9.17) is 11.6 Å². The first-order chi connectivity index (χ1) is 13.1. The fourth-order valence-electron chi connectivity index (χ4n) is 3.23. The van der Waals surface area contributed by atoms with Crippen molar-refractivity contribution in [3.63, 3.8) is 0 Å². The number of piperidine rings is 1. The molecule has 0 saturated carbocycles. The highest BCUT2D eigenvalue weighted by molar-refractivity contribution is 9.10. The van der Waals surface area contributed by atoms with E-state index < -0.39 is 0 Å². The molecule has 0 bridgehead atoms. The van der Waals surface area contributed by atoms with Crippen LogP contribution in [0.1, 0.15) is 24.0 Å². The normalized spacial score (nSPS) is 15.4. The van der Waals surface area contributed by atoms with E-state index in [9.17, 15) is 4.79 Å². The van der Waals surface area contributed by atoms with Crippen LogP contribution in [0.25, 0.3) is 6.08 Å². The smallest absolute Gasteiger partial charge is 0.246 e. The largest absolute Gasteiger partial charge is 0.339 e. The van der Waals surface area contributed by atoms with Crippen molar-refractivity contribution in [2.24, 2.45) is 5.92 Å². The number of rotatable bonds is 6. The Morgan fingerprint density at radius 3 is 2.44 bits per heavy atom. The summed E-state index contributed by atoms with van der Waals surface area (Å²) in [4.78, 5) is 14.3. The summed E-state index contributed by atoms with van der Waals surface area (Å²) in [6, 6.07) is 15.9. The van der Waals surface area contributed by atoms with Gasteiger partial charge in [0.1, 0.15) is 0 Å². The summed E-state index contributed by atoms with van der Waals surface area (Å²) in [6.07, 6.45) is 5.66. The SMILES string of the molecule is O=C(/C=C/c1ccc(Br)cc1)N1CCC(CNCc2ccc(Cl)cc2)CC1. The zero-order valence-corrected chi connectivity index (χ0v) is 17.5. The third-order valence-corrected chi connectivity index (χ3v) is 5.67. The number of halogens is 2. The predicted octanol–water partition coefficient (Wildman–Crippen LogP) is 5.14. The van der Waals surface area contributed by atoms with E-state index in [0.29, 0.717) is 5.92 Å². The van der Waals surface area contributed by atoms with Gasteiger partial charge in [0.05, 0.1) is 0 Å². The van der Waals surface area contributed by atoms with Crippen LogP contribution in [0, 0.1) is 5.92 Å². The summed E-state index contributed by atoms with van der Waals surface area (Å²) in [7, 11) is 0. The Kier molecular flexibility index (Phi) is 7.50. The van der Waals surface area contributed by atoms with Gasteiger partial charge in [-0.2, -0.15) is 0 Å². The molecule has 142 valence electrons. The maximum absolute atomic E-state index is 12.4. The van der Waals surface area contributed by atoms with Crippen LogP contribution in [0.5, 0.6) is 0 Å². The van der Waals surface area contributed by atoms with E-state index in [2.05, 4.69) is 21.2 Å². The second-order valence-electron chi connectivity index (χ2n) is 6.91. The van der Waals surface area contributed by atoms with Crippen molar-refractivity contribution in [2.45, 2.75) is 19.4 Å². The summed E-state index contributed by atoms with van der Waals surface area (Å²) in [5.41, 5.74) is 2.28. The molecule has 5 heteroatoms. The highest BCUT2D eigenvalue weighted by Crippen LogP contribution is 2.18. The van der Waals surface area contributed by atoms with E-state index in [1.165, 1.54) is 5.56 Å². The molecule has 0 atom stereocenters. The van der Waals surface area contributed by atoms with Crippen LogP contribution in [-0.4, -0.2) is 30.4 Å². The maximum atomic E-state index is 12.4. The minimum Gasteiger partial charge on any atom is -0.339 e. The number of carbonyl (C=O) groups is 1. The maximum Gasteiger partial charge on any atom is 0.246 e. The van der Waals surface area contributed by atoms with Crippen molar-refractivity contribution >= 4 is 39.5 Å². The van der Waals surface area contributed by atoms with Crippen molar-refractivity contribution < 1.29 is 4.79 Å². The minimum atomic E-state index is 0.102. The molecule has 0 aromatic heterocycles. The Hall–Kier alpha value is -1.62. The standard InChI is InChI=1S/C22H24BrClN2O/c23-20-6-1-17(2-7-20)5-10-22(27)26-13-11-19(12-14-26)16-25-15-18-3-8-21(24)9-4-18/h1-10,19,25H,11-16H2/b10-5+. The molecule has 2 aromatic carbocycles. The Morgan fingerprint density at radius 2 is 1.78 bits per heavy atom. The zero-order chi connectivity index (χ0) is 19.1. The quantitative estimate of drug-likeness (QED) is 0.622. The first kappa shape index (κ1) is 20.1. The van der Waals surface area contributed by atoms with Crippen LogP contribution in [0.4, 0.5) is 0 Å². The van der Waals surface area contributed by atoms with E-state index in [1.807, 2.05) is 59.5 Å². The Labute approximate surface area is 174 Å². The Bertz CT molecular complexity index is 766. The van der Waals surface area contributed by atoms with Gasteiger partial charge in [-0.25, -0.2) is 0 Å². The van der Waals surface area contributed by atoms with Crippen LogP contribution in [0.2, 0.25) is 5.02 Å². The number of nitrogens with zero attached hydrogens (tertiary/aromatic N) is 1. The van der Waals surface area contributed by atoms with Crippen molar-refractivity contribution in [1.29, 1.82) is 0 Å². The van der Waals surface area contributed by atoms with Gasteiger partial charge in [-0.15, -0.1) is 0 Å². The molecule has 2 aromatic rings. The summed E-state index contributed by atoms with van der Waals surface area (Å²) < 4.78 is 1.04. The fourth-order valence-corrected chi connectivity index (χ4v) is 3.62. The lowest BCUT2D eigenvalue weighted by atomic mass is 9.96. The lowest BCUT2D eigenvalue weighted by Crippen LogP contribution is -2.40. The van der Waals surface area contributed by atoms with E-state index in [0.717, 1.165) is 54.1 Å². The molecule has 1 aliphatic rings. The number of hydrogen-bond acceptors (Lipinski definition) is 2. The van der Waals surface area contributed by atoms with Crippen LogP contribution in [-0.2, 0) is 11.3 Å². The number of likely N-dealkylation sites (tertiary alicyclic amines) is 1. The van der Waals surface area contributed by atoms with E-state index >= 15 is 0 Å². The number of hydrogen-bond donors (Lipinski definition) is 1. The molecular formula is C22H24BrClN2O.